The third-order valence-electron chi connectivity index (χ3n) is 4.59. The van der Waals surface area contributed by atoms with Crippen LogP contribution in [0.5, 0.6) is 5.75 Å². The Balaban J connectivity index is 1.94. The average molecular weight is 370 g/mol. The zero-order valence-electron chi connectivity index (χ0n) is 16.6. The smallest absolute Gasteiger partial charge is 0.138 e. The summed E-state index contributed by atoms with van der Waals surface area (Å²) in [6, 6.07) is 17.0. The van der Waals surface area contributed by atoms with Gasteiger partial charge in [0.05, 0.1) is 25.9 Å². The molecule has 0 aliphatic carbocycles. The molecule has 0 saturated heterocycles. The molecule has 4 heteroatoms. The summed E-state index contributed by atoms with van der Waals surface area (Å²) in [7, 11) is 1.64. The number of benzene rings is 2. The molecule has 0 fully saturated rings. The van der Waals surface area contributed by atoms with Gasteiger partial charge in [0, 0.05) is 12.8 Å². The maximum absolute atomic E-state index is 12.5. The monoisotopic (exact) mass is 370 g/mol. The Labute approximate surface area is 162 Å². The van der Waals surface area contributed by atoms with E-state index in [1.807, 2.05) is 54.6 Å². The zero-order chi connectivity index (χ0) is 19.9. The van der Waals surface area contributed by atoms with Gasteiger partial charge in [0.1, 0.15) is 11.5 Å². The first-order valence-corrected chi connectivity index (χ1v) is 9.29. The normalized spacial score (nSPS) is 13.8. The first-order chi connectivity index (χ1) is 12.8. The molecular weight excluding hydrogens is 340 g/mol. The minimum Gasteiger partial charge on any atom is -0.497 e. The molecular formula is C23H30O4. The number of carbonyl (C=O) groups excluding carboxylic acids is 1. The number of carbonyl (C=O) groups is 1. The van der Waals surface area contributed by atoms with Crippen LogP contribution in [0.2, 0.25) is 0 Å². The van der Waals surface area contributed by atoms with E-state index in [-0.39, 0.29) is 30.1 Å². The van der Waals surface area contributed by atoms with Crippen molar-refractivity contribution in [2.24, 2.45) is 5.41 Å². The van der Waals surface area contributed by atoms with Crippen LogP contribution in [-0.2, 0) is 16.1 Å². The van der Waals surface area contributed by atoms with Crippen LogP contribution in [0.3, 0.4) is 0 Å². The molecule has 2 aromatic carbocycles. The fraction of sp³-hybridized carbons (Fsp3) is 0.435. The Morgan fingerprint density at radius 1 is 1.00 bits per heavy atom. The second-order valence-corrected chi connectivity index (χ2v) is 7.89. The number of hydrogen-bond acceptors (Lipinski definition) is 4. The summed E-state index contributed by atoms with van der Waals surface area (Å²) in [5, 5.41) is 10.3. The zero-order valence-corrected chi connectivity index (χ0v) is 16.6. The minimum absolute atomic E-state index is 0.000934. The van der Waals surface area contributed by atoms with Crippen LogP contribution in [0.25, 0.3) is 0 Å². The van der Waals surface area contributed by atoms with Crippen molar-refractivity contribution in [3.05, 3.63) is 65.7 Å². The molecule has 2 rings (SSSR count). The maximum atomic E-state index is 12.5. The second-order valence-electron chi connectivity index (χ2n) is 7.89. The largest absolute Gasteiger partial charge is 0.497 e. The molecule has 0 aliphatic heterocycles. The van der Waals surface area contributed by atoms with Gasteiger partial charge in [-0.05, 0) is 28.7 Å². The number of hydrogen-bond donors (Lipinski definition) is 1. The van der Waals surface area contributed by atoms with Gasteiger partial charge >= 0.3 is 0 Å². The molecule has 0 amide bonds. The van der Waals surface area contributed by atoms with Gasteiger partial charge in [-0.1, -0.05) is 63.2 Å². The van der Waals surface area contributed by atoms with E-state index in [1.54, 1.807) is 7.11 Å². The van der Waals surface area contributed by atoms with Crippen molar-refractivity contribution in [3.8, 4) is 5.75 Å². The highest BCUT2D eigenvalue weighted by Gasteiger charge is 2.28. The highest BCUT2D eigenvalue weighted by atomic mass is 16.5. The third-order valence-corrected chi connectivity index (χ3v) is 4.59. The number of aliphatic hydroxyl groups excluding tert-OH is 1. The predicted octanol–water partition coefficient (Wildman–Crippen LogP) is 4.71. The fourth-order valence-electron chi connectivity index (χ4n) is 2.83. The number of Topliss-reactive ketones (excluding diaryl/α,β-unsaturated/α-hetero) is 1. The summed E-state index contributed by atoms with van der Waals surface area (Å²) in [6.07, 6.45) is -0.623. The minimum atomic E-state index is -0.777. The van der Waals surface area contributed by atoms with Gasteiger partial charge in [-0.3, -0.25) is 4.79 Å². The van der Waals surface area contributed by atoms with Crippen molar-refractivity contribution < 1.29 is 19.4 Å². The van der Waals surface area contributed by atoms with Crippen LogP contribution >= 0.6 is 0 Å². The Kier molecular flexibility index (Phi) is 7.57. The summed E-state index contributed by atoms with van der Waals surface area (Å²) in [6.45, 7) is 6.62. The van der Waals surface area contributed by atoms with E-state index in [2.05, 4.69) is 20.8 Å². The van der Waals surface area contributed by atoms with Crippen molar-refractivity contribution in [3.63, 3.8) is 0 Å². The molecule has 4 nitrogen and oxygen atoms in total. The topological polar surface area (TPSA) is 55.8 Å². The van der Waals surface area contributed by atoms with Crippen molar-refractivity contribution in [2.45, 2.75) is 52.4 Å². The summed E-state index contributed by atoms with van der Waals surface area (Å²) in [5.41, 5.74) is 1.61. The van der Waals surface area contributed by atoms with Crippen molar-refractivity contribution in [2.75, 3.05) is 7.11 Å². The first kappa shape index (κ1) is 21.1. The van der Waals surface area contributed by atoms with Crippen LogP contribution in [0, 0.1) is 5.41 Å². The molecule has 0 saturated carbocycles. The van der Waals surface area contributed by atoms with Crippen molar-refractivity contribution in [1.82, 2.24) is 0 Å². The van der Waals surface area contributed by atoms with E-state index in [0.29, 0.717) is 6.61 Å². The van der Waals surface area contributed by atoms with Gasteiger partial charge in [-0.25, -0.2) is 0 Å². The quantitative estimate of drug-likeness (QED) is 0.694. The summed E-state index contributed by atoms with van der Waals surface area (Å²) >= 11 is 0. The van der Waals surface area contributed by atoms with E-state index in [0.717, 1.165) is 16.9 Å². The van der Waals surface area contributed by atoms with E-state index >= 15 is 0 Å². The molecule has 27 heavy (non-hydrogen) atoms. The van der Waals surface area contributed by atoms with Gasteiger partial charge in [-0.2, -0.15) is 0 Å². The van der Waals surface area contributed by atoms with Crippen LogP contribution in [0.1, 0.15) is 50.8 Å². The maximum Gasteiger partial charge on any atom is 0.138 e. The van der Waals surface area contributed by atoms with E-state index in [1.165, 1.54) is 0 Å². The molecule has 2 aromatic rings. The van der Waals surface area contributed by atoms with E-state index < -0.39 is 6.10 Å². The Morgan fingerprint density at radius 2 is 1.63 bits per heavy atom. The molecule has 0 bridgehead atoms. The van der Waals surface area contributed by atoms with Crippen LogP contribution in [0.4, 0.5) is 0 Å². The van der Waals surface area contributed by atoms with Crippen LogP contribution < -0.4 is 4.74 Å². The second kappa shape index (κ2) is 9.67. The Bertz CT molecular complexity index is 701. The van der Waals surface area contributed by atoms with Gasteiger partial charge in [0.2, 0.25) is 0 Å². The molecule has 0 unspecified atom stereocenters. The number of ketones is 1. The molecule has 0 radical (unpaired) electrons. The van der Waals surface area contributed by atoms with E-state index in [9.17, 15) is 9.90 Å². The lowest BCUT2D eigenvalue weighted by molar-refractivity contribution is -0.127. The van der Waals surface area contributed by atoms with Gasteiger partial charge < -0.3 is 14.6 Å². The lowest BCUT2D eigenvalue weighted by atomic mass is 9.85. The van der Waals surface area contributed by atoms with Gasteiger partial charge in [0.25, 0.3) is 0 Å². The average Bonchev–Trinajstić information content (AvgIpc) is 2.65. The van der Waals surface area contributed by atoms with Gasteiger partial charge in [0.15, 0.2) is 0 Å². The number of methoxy groups -OCH3 is 1. The summed E-state index contributed by atoms with van der Waals surface area (Å²) in [4.78, 5) is 12.5. The van der Waals surface area contributed by atoms with Crippen LogP contribution in [0.15, 0.2) is 54.6 Å². The molecule has 0 heterocycles. The molecule has 0 aliphatic rings. The highest BCUT2D eigenvalue weighted by molar-refractivity contribution is 5.79. The number of rotatable bonds is 9. The van der Waals surface area contributed by atoms with Crippen molar-refractivity contribution in [1.29, 1.82) is 0 Å². The third kappa shape index (κ3) is 6.81. The lowest BCUT2D eigenvalue weighted by Gasteiger charge is -2.30. The summed E-state index contributed by atoms with van der Waals surface area (Å²) in [5.74, 6) is 0.803. The molecule has 2 atom stereocenters. The fourth-order valence-corrected chi connectivity index (χ4v) is 2.83. The first-order valence-electron chi connectivity index (χ1n) is 9.29. The van der Waals surface area contributed by atoms with Crippen molar-refractivity contribution >= 4 is 5.78 Å². The standard InChI is InChI=1S/C23H30O4/c1-23(2,3)22(27-16-17-10-12-20(26-4)13-11-17)15-19(24)14-21(25)18-8-6-5-7-9-18/h5-13,21-22,25H,14-16H2,1-4H3/t21-,22+/m0/s1. The molecule has 1 N–H and O–H groups in total. The highest BCUT2D eigenvalue weighted by Crippen LogP contribution is 2.28. The molecule has 0 aromatic heterocycles. The predicted molar refractivity (Wildman–Crippen MR) is 107 cm³/mol. The van der Waals surface area contributed by atoms with Gasteiger partial charge in [-0.15, -0.1) is 0 Å². The molecule has 0 spiro atoms. The van der Waals surface area contributed by atoms with Crippen LogP contribution in [-0.4, -0.2) is 24.1 Å². The number of ether oxygens (including phenoxy) is 2. The Hall–Kier alpha value is -2.17. The SMILES string of the molecule is COc1ccc(CO[C@H](CC(=O)C[C@H](O)c2ccccc2)C(C)(C)C)cc1. The lowest BCUT2D eigenvalue weighted by Crippen LogP contribution is -2.32. The summed E-state index contributed by atoms with van der Waals surface area (Å²) < 4.78 is 11.2. The molecule has 146 valence electrons. The Morgan fingerprint density at radius 3 is 2.19 bits per heavy atom. The number of aliphatic hydroxyl groups is 1. The van der Waals surface area contributed by atoms with E-state index in [4.69, 9.17) is 9.47 Å².